The van der Waals surface area contributed by atoms with Crippen molar-refractivity contribution in [3.05, 3.63) is 89.1 Å². The number of ether oxygens (including phenoxy) is 1. The van der Waals surface area contributed by atoms with Gasteiger partial charge in [-0.25, -0.2) is 0 Å². The van der Waals surface area contributed by atoms with Crippen LogP contribution in [0.2, 0.25) is 0 Å². The molecule has 2 aliphatic rings. The average Bonchev–Trinajstić information content (AvgIpc) is 2.98. The minimum absolute atomic E-state index is 0.870. The van der Waals surface area contributed by atoms with Crippen molar-refractivity contribution in [1.82, 2.24) is 0 Å². The maximum atomic E-state index is 5.19. The number of hydrogen-bond acceptors (Lipinski definition) is 1. The van der Waals surface area contributed by atoms with Gasteiger partial charge in [-0.3, -0.25) is 0 Å². The van der Waals surface area contributed by atoms with Gasteiger partial charge in [-0.2, -0.15) is 6.20 Å². The maximum Gasteiger partial charge on any atom is 0.118 e. The minimum atomic E-state index is 0.870. The summed E-state index contributed by atoms with van der Waals surface area (Å²) in [6, 6.07) is 8.09. The molecule has 0 aromatic heterocycles. The first kappa shape index (κ1) is 11.6. The van der Waals surface area contributed by atoms with E-state index in [9.17, 15) is 0 Å². The fraction of sp³-hybridized carbons (Fsp3) is 0.0588. The quantitative estimate of drug-likeness (QED) is 0.762. The number of rotatable bonds is 2. The third kappa shape index (κ3) is 2.25. The largest absolute Gasteiger partial charge is 0.664 e. The van der Waals surface area contributed by atoms with E-state index in [-0.39, 0.29) is 0 Å². The SMILES string of the molecule is COc1ccc(C2=CC=C/C2=C2\C=CC=C[N-]2)cc1. The third-order valence-corrected chi connectivity index (χ3v) is 3.16. The molecule has 2 heteroatoms. The van der Waals surface area contributed by atoms with Crippen molar-refractivity contribution in [2.24, 2.45) is 0 Å². The Hall–Kier alpha value is -2.48. The highest BCUT2D eigenvalue weighted by Gasteiger charge is 2.10. The molecule has 1 heterocycles. The Balaban J connectivity index is 1.96. The second kappa shape index (κ2) is 5.02. The molecule has 0 radical (unpaired) electrons. The summed E-state index contributed by atoms with van der Waals surface area (Å²) in [5.74, 6) is 0.870. The van der Waals surface area contributed by atoms with Crippen LogP contribution in [0.15, 0.2) is 78.2 Å². The van der Waals surface area contributed by atoms with E-state index in [1.54, 1.807) is 7.11 Å². The van der Waals surface area contributed by atoms with E-state index in [1.165, 1.54) is 11.1 Å². The average molecular weight is 248 g/mol. The first-order valence-electron chi connectivity index (χ1n) is 6.20. The predicted molar refractivity (Wildman–Crippen MR) is 78.8 cm³/mol. The van der Waals surface area contributed by atoms with Gasteiger partial charge in [0, 0.05) is 0 Å². The van der Waals surface area contributed by atoms with Crippen LogP contribution in [-0.4, -0.2) is 7.11 Å². The Morgan fingerprint density at radius 2 is 1.79 bits per heavy atom. The van der Waals surface area contributed by atoms with Crippen LogP contribution in [0, 0.1) is 0 Å². The zero-order valence-electron chi connectivity index (χ0n) is 10.7. The van der Waals surface area contributed by atoms with Gasteiger partial charge in [0.05, 0.1) is 7.11 Å². The number of nitrogens with zero attached hydrogens (tertiary/aromatic N) is 1. The van der Waals surface area contributed by atoms with Gasteiger partial charge < -0.3 is 10.1 Å². The Labute approximate surface area is 113 Å². The van der Waals surface area contributed by atoms with E-state index < -0.39 is 0 Å². The van der Waals surface area contributed by atoms with E-state index in [2.05, 4.69) is 35.7 Å². The summed E-state index contributed by atoms with van der Waals surface area (Å²) < 4.78 is 5.19. The monoisotopic (exact) mass is 248 g/mol. The van der Waals surface area contributed by atoms with Gasteiger partial charge >= 0.3 is 0 Å². The Kier molecular flexibility index (Phi) is 3.07. The molecule has 0 saturated heterocycles. The summed E-state index contributed by atoms with van der Waals surface area (Å²) in [7, 11) is 1.68. The molecule has 0 fully saturated rings. The van der Waals surface area contributed by atoms with Crippen LogP contribution in [-0.2, 0) is 0 Å². The highest BCUT2D eigenvalue weighted by atomic mass is 16.5. The van der Waals surface area contributed by atoms with Gasteiger partial charge in [-0.05, 0) is 28.8 Å². The van der Waals surface area contributed by atoms with E-state index in [1.807, 2.05) is 36.6 Å². The highest BCUT2D eigenvalue weighted by molar-refractivity contribution is 5.88. The molecule has 1 aliphatic heterocycles. The van der Waals surface area contributed by atoms with E-state index in [4.69, 9.17) is 4.74 Å². The van der Waals surface area contributed by atoms with Crippen LogP contribution in [0.1, 0.15) is 5.56 Å². The summed E-state index contributed by atoms with van der Waals surface area (Å²) in [5.41, 5.74) is 4.52. The van der Waals surface area contributed by atoms with Crippen LogP contribution in [0.25, 0.3) is 10.9 Å². The van der Waals surface area contributed by atoms with E-state index >= 15 is 0 Å². The second-order valence-electron chi connectivity index (χ2n) is 4.30. The van der Waals surface area contributed by atoms with Crippen molar-refractivity contribution >= 4 is 5.57 Å². The molecule has 1 aromatic rings. The van der Waals surface area contributed by atoms with Crippen LogP contribution in [0.5, 0.6) is 5.75 Å². The molecule has 1 aliphatic carbocycles. The molecule has 3 rings (SSSR count). The maximum absolute atomic E-state index is 5.19. The summed E-state index contributed by atoms with van der Waals surface area (Å²) in [5, 5.41) is 4.42. The lowest BCUT2D eigenvalue weighted by Gasteiger charge is -2.24. The first-order chi connectivity index (χ1) is 9.38. The van der Waals surface area contributed by atoms with Crippen LogP contribution < -0.4 is 4.74 Å². The molecular weight excluding hydrogens is 234 g/mol. The van der Waals surface area contributed by atoms with Crippen molar-refractivity contribution in [1.29, 1.82) is 0 Å². The molecule has 0 bridgehead atoms. The van der Waals surface area contributed by atoms with E-state index in [0.29, 0.717) is 0 Å². The number of hydrogen-bond donors (Lipinski definition) is 0. The fourth-order valence-corrected chi connectivity index (χ4v) is 2.19. The van der Waals surface area contributed by atoms with Gasteiger partial charge in [-0.1, -0.05) is 48.6 Å². The smallest absolute Gasteiger partial charge is 0.118 e. The lowest BCUT2D eigenvalue weighted by atomic mass is 9.98. The fourth-order valence-electron chi connectivity index (χ4n) is 2.19. The van der Waals surface area contributed by atoms with Crippen molar-refractivity contribution in [2.75, 3.05) is 7.11 Å². The summed E-state index contributed by atoms with van der Waals surface area (Å²) in [6.45, 7) is 0. The Morgan fingerprint density at radius 1 is 0.947 bits per heavy atom. The molecule has 0 saturated carbocycles. The van der Waals surface area contributed by atoms with Gasteiger partial charge in [0.1, 0.15) is 5.75 Å². The number of benzene rings is 1. The Morgan fingerprint density at radius 3 is 2.47 bits per heavy atom. The third-order valence-electron chi connectivity index (χ3n) is 3.16. The van der Waals surface area contributed by atoms with Gasteiger partial charge in [-0.15, -0.1) is 5.70 Å². The molecular formula is C17H14NO-. The number of allylic oxidation sites excluding steroid dienone is 8. The minimum Gasteiger partial charge on any atom is -0.664 e. The summed E-state index contributed by atoms with van der Waals surface area (Å²) in [4.78, 5) is 0. The van der Waals surface area contributed by atoms with E-state index in [0.717, 1.165) is 17.0 Å². The summed E-state index contributed by atoms with van der Waals surface area (Å²) >= 11 is 0. The van der Waals surface area contributed by atoms with Crippen molar-refractivity contribution in [3.8, 4) is 5.75 Å². The molecule has 0 atom stereocenters. The van der Waals surface area contributed by atoms with Crippen molar-refractivity contribution in [3.63, 3.8) is 0 Å². The molecule has 94 valence electrons. The molecule has 0 amide bonds. The van der Waals surface area contributed by atoms with Gasteiger partial charge in [0.15, 0.2) is 0 Å². The Bertz CT molecular complexity index is 628. The predicted octanol–water partition coefficient (Wildman–Crippen LogP) is 4.36. The molecule has 2 nitrogen and oxygen atoms in total. The highest BCUT2D eigenvalue weighted by Crippen LogP contribution is 2.34. The number of methoxy groups -OCH3 is 1. The molecule has 0 unspecified atom stereocenters. The first-order valence-corrected chi connectivity index (χ1v) is 6.20. The van der Waals surface area contributed by atoms with Crippen molar-refractivity contribution < 1.29 is 4.74 Å². The van der Waals surface area contributed by atoms with Gasteiger partial charge in [0.2, 0.25) is 0 Å². The van der Waals surface area contributed by atoms with Crippen molar-refractivity contribution in [2.45, 2.75) is 0 Å². The van der Waals surface area contributed by atoms with Crippen LogP contribution in [0.4, 0.5) is 0 Å². The molecule has 0 N–H and O–H groups in total. The topological polar surface area (TPSA) is 23.3 Å². The summed E-state index contributed by atoms with van der Waals surface area (Å²) in [6.07, 6.45) is 14.1. The second-order valence-corrected chi connectivity index (χ2v) is 4.30. The zero-order chi connectivity index (χ0) is 13.1. The molecule has 1 aromatic carbocycles. The standard InChI is InChI=1S/C17H14NO/c1-19-14-10-8-13(9-11-14)15-5-4-6-16(15)17-7-2-3-12-18-17/h2-12H,1H3/q-1/b17-16-. The lowest BCUT2D eigenvalue weighted by Crippen LogP contribution is -1.91. The van der Waals surface area contributed by atoms with Crippen LogP contribution >= 0.6 is 0 Å². The molecule has 19 heavy (non-hydrogen) atoms. The van der Waals surface area contributed by atoms with Crippen LogP contribution in [0.3, 0.4) is 0 Å². The lowest BCUT2D eigenvalue weighted by molar-refractivity contribution is 0.415. The normalized spacial score (nSPS) is 20.4. The molecule has 0 spiro atoms. The zero-order valence-corrected chi connectivity index (χ0v) is 10.7. The van der Waals surface area contributed by atoms with Gasteiger partial charge in [0.25, 0.3) is 0 Å².